The van der Waals surface area contributed by atoms with Gasteiger partial charge in [-0.1, -0.05) is 17.3 Å². The minimum atomic E-state index is -0.224. The molecule has 0 radical (unpaired) electrons. The Labute approximate surface area is 127 Å². The van der Waals surface area contributed by atoms with Crippen LogP contribution in [0.2, 0.25) is 0 Å². The second kappa shape index (κ2) is 6.83. The maximum atomic E-state index is 11.9. The fourth-order valence-electron chi connectivity index (χ4n) is 1.81. The highest BCUT2D eigenvalue weighted by Crippen LogP contribution is 2.11. The van der Waals surface area contributed by atoms with E-state index in [0.29, 0.717) is 24.5 Å². The normalized spacial score (nSPS) is 10.5. The molecule has 2 heterocycles. The third-order valence-electron chi connectivity index (χ3n) is 3.08. The Morgan fingerprint density at radius 3 is 2.73 bits per heavy atom. The molecule has 0 fully saturated rings. The average molecular weight is 306 g/mol. The lowest BCUT2D eigenvalue weighted by Crippen LogP contribution is -2.27. The van der Waals surface area contributed by atoms with Crippen molar-refractivity contribution in [3.05, 3.63) is 23.2 Å². The zero-order valence-corrected chi connectivity index (χ0v) is 12.7. The highest BCUT2D eigenvalue weighted by molar-refractivity contribution is 5.89. The summed E-state index contributed by atoms with van der Waals surface area (Å²) in [6.45, 7) is 5.70. The first-order valence-electron chi connectivity index (χ1n) is 6.88. The molecular weight excluding hydrogens is 288 g/mol. The molecule has 0 saturated carbocycles. The van der Waals surface area contributed by atoms with Gasteiger partial charge in [0.05, 0.1) is 11.9 Å². The molecule has 2 rings (SSSR count). The van der Waals surface area contributed by atoms with Crippen LogP contribution in [0.4, 0.5) is 5.82 Å². The molecule has 0 aromatic carbocycles. The van der Waals surface area contributed by atoms with Crippen molar-refractivity contribution in [3.8, 4) is 0 Å². The van der Waals surface area contributed by atoms with Crippen LogP contribution in [0.3, 0.4) is 0 Å². The summed E-state index contributed by atoms with van der Waals surface area (Å²) < 4.78 is 6.38. The van der Waals surface area contributed by atoms with Gasteiger partial charge < -0.3 is 15.2 Å². The number of carbonyl (C=O) groups is 2. The summed E-state index contributed by atoms with van der Waals surface area (Å²) in [7, 11) is 0. The number of rotatable bonds is 6. The molecule has 0 unspecified atom stereocenters. The van der Waals surface area contributed by atoms with E-state index in [1.165, 1.54) is 10.9 Å². The molecule has 2 amide bonds. The van der Waals surface area contributed by atoms with Crippen LogP contribution < -0.4 is 10.6 Å². The van der Waals surface area contributed by atoms with Crippen molar-refractivity contribution in [2.45, 2.75) is 40.3 Å². The van der Waals surface area contributed by atoms with Crippen molar-refractivity contribution in [1.82, 2.24) is 25.5 Å². The van der Waals surface area contributed by atoms with E-state index in [1.54, 1.807) is 13.8 Å². The first kappa shape index (κ1) is 15.7. The fourth-order valence-corrected chi connectivity index (χ4v) is 1.81. The largest absolute Gasteiger partial charge is 0.361 e. The third-order valence-corrected chi connectivity index (χ3v) is 3.08. The molecule has 0 aliphatic heterocycles. The van der Waals surface area contributed by atoms with Crippen molar-refractivity contribution in [3.63, 3.8) is 0 Å². The van der Waals surface area contributed by atoms with Gasteiger partial charge in [-0.15, -0.1) is 5.10 Å². The van der Waals surface area contributed by atoms with Gasteiger partial charge in [-0.25, -0.2) is 4.68 Å². The van der Waals surface area contributed by atoms with Crippen LogP contribution in [0, 0.1) is 13.8 Å². The molecule has 2 N–H and O–H groups in total. The van der Waals surface area contributed by atoms with Crippen LogP contribution in [0.1, 0.15) is 30.4 Å². The van der Waals surface area contributed by atoms with Crippen molar-refractivity contribution >= 4 is 17.6 Å². The van der Waals surface area contributed by atoms with E-state index in [4.69, 9.17) is 4.52 Å². The van der Waals surface area contributed by atoms with E-state index in [1.807, 2.05) is 6.92 Å². The lowest BCUT2D eigenvalue weighted by molar-refractivity contribution is -0.122. The van der Waals surface area contributed by atoms with E-state index in [-0.39, 0.29) is 18.4 Å². The van der Waals surface area contributed by atoms with Crippen LogP contribution in [0.25, 0.3) is 0 Å². The van der Waals surface area contributed by atoms with E-state index >= 15 is 0 Å². The number of hydrogen-bond donors (Lipinski definition) is 2. The summed E-state index contributed by atoms with van der Waals surface area (Å²) in [6, 6.07) is 0. The van der Waals surface area contributed by atoms with Gasteiger partial charge in [0.1, 0.15) is 12.3 Å². The monoisotopic (exact) mass is 306 g/mol. The number of aryl methyl sites for hydroxylation is 2. The van der Waals surface area contributed by atoms with Gasteiger partial charge in [-0.2, -0.15) is 0 Å². The minimum absolute atomic E-state index is 0.0123. The van der Waals surface area contributed by atoms with E-state index in [9.17, 15) is 9.59 Å². The Balaban J connectivity index is 1.86. The maximum absolute atomic E-state index is 11.9. The van der Waals surface area contributed by atoms with Crippen molar-refractivity contribution in [2.24, 2.45) is 0 Å². The molecule has 0 saturated heterocycles. The Kier molecular flexibility index (Phi) is 4.87. The smallest absolute Gasteiger partial charge is 0.242 e. The van der Waals surface area contributed by atoms with Gasteiger partial charge in [-0.05, 0) is 13.8 Å². The van der Waals surface area contributed by atoms with Gasteiger partial charge in [0.2, 0.25) is 11.8 Å². The SMILES string of the molecule is CCC(=O)Nc1cn(CC(=O)NCc2c(C)noc2C)nn1. The molecule has 9 nitrogen and oxygen atoms in total. The lowest BCUT2D eigenvalue weighted by atomic mass is 10.2. The van der Waals surface area contributed by atoms with E-state index < -0.39 is 0 Å². The molecule has 0 aliphatic rings. The summed E-state index contributed by atoms with van der Waals surface area (Å²) in [5, 5.41) is 16.7. The summed E-state index contributed by atoms with van der Waals surface area (Å²) in [5.41, 5.74) is 1.62. The zero-order chi connectivity index (χ0) is 16.1. The van der Waals surface area contributed by atoms with Gasteiger partial charge >= 0.3 is 0 Å². The Morgan fingerprint density at radius 1 is 1.32 bits per heavy atom. The predicted octanol–water partition coefficient (Wildman–Crippen LogP) is 0.548. The quantitative estimate of drug-likeness (QED) is 0.805. The van der Waals surface area contributed by atoms with Gasteiger partial charge in [0, 0.05) is 18.5 Å². The van der Waals surface area contributed by atoms with Crippen molar-refractivity contribution in [1.29, 1.82) is 0 Å². The predicted molar refractivity (Wildman–Crippen MR) is 76.8 cm³/mol. The number of anilines is 1. The van der Waals surface area contributed by atoms with Crippen LogP contribution in [0.5, 0.6) is 0 Å². The number of nitrogens with one attached hydrogen (secondary N) is 2. The first-order valence-corrected chi connectivity index (χ1v) is 6.88. The molecule has 0 spiro atoms. The number of nitrogens with zero attached hydrogens (tertiary/aromatic N) is 4. The number of hydrogen-bond acceptors (Lipinski definition) is 6. The van der Waals surface area contributed by atoms with E-state index in [2.05, 4.69) is 26.1 Å². The van der Waals surface area contributed by atoms with Crippen LogP contribution in [0.15, 0.2) is 10.7 Å². The summed E-state index contributed by atoms with van der Waals surface area (Å²) in [4.78, 5) is 23.1. The molecule has 0 atom stereocenters. The highest BCUT2D eigenvalue weighted by Gasteiger charge is 2.11. The van der Waals surface area contributed by atoms with Gasteiger partial charge in [-0.3, -0.25) is 9.59 Å². The number of carbonyl (C=O) groups excluding carboxylic acids is 2. The summed E-state index contributed by atoms with van der Waals surface area (Å²) in [5.74, 6) is 0.627. The minimum Gasteiger partial charge on any atom is -0.361 e. The molecule has 118 valence electrons. The second-order valence-electron chi connectivity index (χ2n) is 4.78. The number of amides is 2. The van der Waals surface area contributed by atoms with Crippen LogP contribution >= 0.6 is 0 Å². The van der Waals surface area contributed by atoms with Crippen molar-refractivity contribution in [2.75, 3.05) is 5.32 Å². The van der Waals surface area contributed by atoms with Crippen LogP contribution in [-0.4, -0.2) is 32.0 Å². The summed E-state index contributed by atoms with van der Waals surface area (Å²) in [6.07, 6.45) is 1.85. The van der Waals surface area contributed by atoms with Gasteiger partial charge in [0.15, 0.2) is 5.82 Å². The Bertz CT molecular complexity index is 656. The topological polar surface area (TPSA) is 115 Å². The Morgan fingerprint density at radius 2 is 2.09 bits per heavy atom. The molecule has 22 heavy (non-hydrogen) atoms. The molecular formula is C13H18N6O3. The molecule has 2 aromatic rings. The molecule has 9 heteroatoms. The summed E-state index contributed by atoms with van der Waals surface area (Å²) >= 11 is 0. The van der Waals surface area contributed by atoms with Crippen LogP contribution in [-0.2, 0) is 22.7 Å². The first-order chi connectivity index (χ1) is 10.5. The Hall–Kier alpha value is -2.71. The van der Waals surface area contributed by atoms with E-state index in [0.717, 1.165) is 11.3 Å². The molecule has 2 aromatic heterocycles. The zero-order valence-electron chi connectivity index (χ0n) is 12.7. The standard InChI is InChI=1S/C13H18N6O3/c1-4-12(20)15-11-6-19(18-16-11)7-13(21)14-5-10-8(2)17-22-9(10)3/h6H,4-5,7H2,1-3H3,(H,14,21)(H,15,20). The molecule has 0 bridgehead atoms. The number of aromatic nitrogens is 4. The van der Waals surface area contributed by atoms with Gasteiger partial charge in [0.25, 0.3) is 0 Å². The lowest BCUT2D eigenvalue weighted by Gasteiger charge is -2.04. The maximum Gasteiger partial charge on any atom is 0.242 e. The van der Waals surface area contributed by atoms with Crippen molar-refractivity contribution < 1.29 is 14.1 Å². The fraction of sp³-hybridized carbons (Fsp3) is 0.462. The molecule has 0 aliphatic carbocycles. The third kappa shape index (κ3) is 3.90. The highest BCUT2D eigenvalue weighted by atomic mass is 16.5. The second-order valence-corrected chi connectivity index (χ2v) is 4.78. The average Bonchev–Trinajstić information content (AvgIpc) is 3.04.